The number of carbonyl (C=O) groups is 1. The number of aliphatic imine (C=N–C) groups is 1. The second-order valence-corrected chi connectivity index (χ2v) is 7.80. The van der Waals surface area contributed by atoms with Gasteiger partial charge in [-0.05, 0) is 54.3 Å². The fraction of sp³-hybridized carbons (Fsp3) is 0.375. The second kappa shape index (κ2) is 9.73. The molecule has 2 aromatic carbocycles. The van der Waals surface area contributed by atoms with Crippen LogP contribution in [-0.2, 0) is 21.2 Å². The predicted octanol–water partition coefficient (Wildman–Crippen LogP) is 4.40. The lowest BCUT2D eigenvalue weighted by Crippen LogP contribution is -2.40. The Bertz CT molecular complexity index is 1160. The lowest BCUT2D eigenvalue weighted by molar-refractivity contribution is -0.137. The molecule has 1 amide bonds. The standard InChI is InChI=1S/C24H25F3N4O3/c1-4-10-33-14-34-20-9-7-16(17-11-15(13-28)6-8-18(17)24(25,26)27)12-19(20)23(5-2)21(32)31(3)22(29)30-23/h6-9,11-12H,4-5,10,14H2,1-3H3,(H2,29,30)/t23-/m0/s1. The van der Waals surface area contributed by atoms with Crippen molar-refractivity contribution >= 4 is 11.9 Å². The number of rotatable bonds is 8. The van der Waals surface area contributed by atoms with Crippen LogP contribution in [0.25, 0.3) is 11.1 Å². The summed E-state index contributed by atoms with van der Waals surface area (Å²) >= 11 is 0. The van der Waals surface area contributed by atoms with E-state index in [1.807, 2.05) is 13.0 Å². The van der Waals surface area contributed by atoms with E-state index in [0.717, 1.165) is 18.6 Å². The highest BCUT2D eigenvalue weighted by Gasteiger charge is 2.48. The Morgan fingerprint density at radius 2 is 1.94 bits per heavy atom. The first-order valence-electron chi connectivity index (χ1n) is 10.7. The van der Waals surface area contributed by atoms with Gasteiger partial charge < -0.3 is 15.2 Å². The smallest absolute Gasteiger partial charge is 0.417 e. The highest BCUT2D eigenvalue weighted by Crippen LogP contribution is 2.44. The number of benzene rings is 2. The third kappa shape index (κ3) is 4.56. The Morgan fingerprint density at radius 1 is 1.21 bits per heavy atom. The van der Waals surface area contributed by atoms with Gasteiger partial charge in [-0.1, -0.05) is 19.9 Å². The lowest BCUT2D eigenvalue weighted by Gasteiger charge is -2.27. The number of nitriles is 1. The molecule has 0 unspecified atom stereocenters. The van der Waals surface area contributed by atoms with E-state index in [4.69, 9.17) is 15.2 Å². The van der Waals surface area contributed by atoms with E-state index in [2.05, 4.69) is 4.99 Å². The lowest BCUT2D eigenvalue weighted by atomic mass is 9.84. The SMILES string of the molecule is CCCOCOc1ccc(-c2cc(C#N)ccc2C(F)(F)F)cc1[C@]1(CC)N=C(N)N(C)C1=O. The summed E-state index contributed by atoms with van der Waals surface area (Å²) < 4.78 is 52.5. The molecular formula is C24H25F3N4O3. The van der Waals surface area contributed by atoms with Gasteiger partial charge in [0.2, 0.25) is 0 Å². The molecule has 2 N–H and O–H groups in total. The van der Waals surface area contributed by atoms with Crippen molar-refractivity contribution in [1.29, 1.82) is 5.26 Å². The van der Waals surface area contributed by atoms with E-state index >= 15 is 0 Å². The van der Waals surface area contributed by atoms with Crippen molar-refractivity contribution in [2.45, 2.75) is 38.4 Å². The number of hydrogen-bond donors (Lipinski definition) is 1. The van der Waals surface area contributed by atoms with E-state index in [-0.39, 0.29) is 47.2 Å². The van der Waals surface area contributed by atoms with Crippen LogP contribution in [0, 0.1) is 11.3 Å². The van der Waals surface area contributed by atoms with Gasteiger partial charge in [-0.15, -0.1) is 0 Å². The van der Waals surface area contributed by atoms with Crippen molar-refractivity contribution in [3.05, 3.63) is 53.1 Å². The summed E-state index contributed by atoms with van der Waals surface area (Å²) in [6.07, 6.45) is -3.69. The summed E-state index contributed by atoms with van der Waals surface area (Å²) in [4.78, 5) is 18.8. The molecule has 0 aliphatic carbocycles. The van der Waals surface area contributed by atoms with Crippen LogP contribution >= 0.6 is 0 Å². The third-order valence-corrected chi connectivity index (χ3v) is 5.66. The van der Waals surface area contributed by atoms with Gasteiger partial charge in [0.25, 0.3) is 5.91 Å². The summed E-state index contributed by atoms with van der Waals surface area (Å²) in [5.41, 5.74) is 3.85. The van der Waals surface area contributed by atoms with Crippen LogP contribution in [0.1, 0.15) is 43.4 Å². The number of ether oxygens (including phenoxy) is 2. The minimum absolute atomic E-state index is 0.00658. The fourth-order valence-corrected chi connectivity index (χ4v) is 3.85. The third-order valence-electron chi connectivity index (χ3n) is 5.66. The van der Waals surface area contributed by atoms with Crippen molar-refractivity contribution in [2.24, 2.45) is 10.7 Å². The molecule has 180 valence electrons. The second-order valence-electron chi connectivity index (χ2n) is 7.80. The summed E-state index contributed by atoms with van der Waals surface area (Å²) in [5, 5.41) is 9.24. The molecule has 0 fully saturated rings. The average molecular weight is 474 g/mol. The molecule has 1 heterocycles. The van der Waals surface area contributed by atoms with Crippen molar-refractivity contribution in [2.75, 3.05) is 20.4 Å². The zero-order valence-corrected chi connectivity index (χ0v) is 19.1. The predicted molar refractivity (Wildman–Crippen MR) is 120 cm³/mol. The number of nitrogens with two attached hydrogens (primary N) is 1. The average Bonchev–Trinajstić information content (AvgIpc) is 3.05. The Morgan fingerprint density at radius 3 is 2.50 bits per heavy atom. The van der Waals surface area contributed by atoms with Gasteiger partial charge in [-0.2, -0.15) is 18.4 Å². The van der Waals surface area contributed by atoms with Crippen LogP contribution in [0.5, 0.6) is 5.75 Å². The zero-order chi connectivity index (χ0) is 25.1. The number of alkyl halides is 3. The first kappa shape index (κ1) is 25.1. The van der Waals surface area contributed by atoms with E-state index in [1.54, 1.807) is 6.92 Å². The molecule has 0 saturated carbocycles. The normalized spacial score (nSPS) is 18.1. The van der Waals surface area contributed by atoms with E-state index < -0.39 is 23.2 Å². The minimum atomic E-state index is -4.65. The largest absolute Gasteiger partial charge is 0.467 e. The van der Waals surface area contributed by atoms with Crippen molar-refractivity contribution in [3.8, 4) is 22.9 Å². The Balaban J connectivity index is 2.23. The van der Waals surface area contributed by atoms with E-state index in [1.165, 1.54) is 36.2 Å². The highest BCUT2D eigenvalue weighted by atomic mass is 19.4. The quantitative estimate of drug-likeness (QED) is 0.452. The van der Waals surface area contributed by atoms with Gasteiger partial charge in [0.1, 0.15) is 5.75 Å². The maximum absolute atomic E-state index is 13.8. The summed E-state index contributed by atoms with van der Waals surface area (Å²) in [6.45, 7) is 4.01. The molecule has 10 heteroatoms. The maximum atomic E-state index is 13.8. The fourth-order valence-electron chi connectivity index (χ4n) is 3.85. The molecule has 0 radical (unpaired) electrons. The molecule has 1 aliphatic heterocycles. The zero-order valence-electron chi connectivity index (χ0n) is 19.1. The van der Waals surface area contributed by atoms with Crippen LogP contribution in [0.2, 0.25) is 0 Å². The maximum Gasteiger partial charge on any atom is 0.417 e. The number of guanidine groups is 1. The van der Waals surface area contributed by atoms with Crippen LogP contribution in [0.15, 0.2) is 41.4 Å². The van der Waals surface area contributed by atoms with Gasteiger partial charge in [-0.25, -0.2) is 4.99 Å². The van der Waals surface area contributed by atoms with Gasteiger partial charge in [0, 0.05) is 12.6 Å². The van der Waals surface area contributed by atoms with Crippen LogP contribution in [0.3, 0.4) is 0 Å². The summed E-state index contributed by atoms with van der Waals surface area (Å²) in [5.74, 6) is -0.189. The van der Waals surface area contributed by atoms with Crippen LogP contribution in [0.4, 0.5) is 13.2 Å². The molecule has 0 spiro atoms. The van der Waals surface area contributed by atoms with Crippen LogP contribution < -0.4 is 10.5 Å². The minimum Gasteiger partial charge on any atom is -0.467 e. The molecule has 7 nitrogen and oxygen atoms in total. The molecule has 1 aliphatic rings. The van der Waals surface area contributed by atoms with Gasteiger partial charge in [0.15, 0.2) is 18.3 Å². The number of halogens is 3. The molecule has 2 aromatic rings. The topological polar surface area (TPSA) is 101 Å². The van der Waals surface area contributed by atoms with Crippen LogP contribution in [-0.4, -0.2) is 37.2 Å². The molecule has 1 atom stereocenters. The van der Waals surface area contributed by atoms with E-state index in [9.17, 15) is 23.2 Å². The number of amides is 1. The first-order chi connectivity index (χ1) is 16.1. The molecule has 0 bridgehead atoms. The number of hydrogen-bond acceptors (Lipinski definition) is 6. The monoisotopic (exact) mass is 474 g/mol. The first-order valence-corrected chi connectivity index (χ1v) is 10.7. The van der Waals surface area contributed by atoms with Crippen molar-refractivity contribution in [3.63, 3.8) is 0 Å². The number of carbonyl (C=O) groups excluding carboxylic acids is 1. The van der Waals surface area contributed by atoms with Crippen molar-refractivity contribution in [1.82, 2.24) is 4.90 Å². The summed E-state index contributed by atoms with van der Waals surface area (Å²) in [6, 6.07) is 9.40. The van der Waals surface area contributed by atoms with Gasteiger partial charge in [0.05, 0.1) is 23.8 Å². The Labute approximate surface area is 195 Å². The molecule has 0 aromatic heterocycles. The Hall–Kier alpha value is -3.58. The Kier molecular flexibility index (Phi) is 7.17. The van der Waals surface area contributed by atoms with E-state index in [0.29, 0.717) is 6.61 Å². The summed E-state index contributed by atoms with van der Waals surface area (Å²) in [7, 11) is 1.48. The molecular weight excluding hydrogens is 449 g/mol. The molecule has 34 heavy (non-hydrogen) atoms. The van der Waals surface area contributed by atoms with Gasteiger partial charge >= 0.3 is 6.18 Å². The van der Waals surface area contributed by atoms with Crippen molar-refractivity contribution < 1.29 is 27.4 Å². The molecule has 0 saturated heterocycles. The highest BCUT2D eigenvalue weighted by molar-refractivity contribution is 6.07. The van der Waals surface area contributed by atoms with Gasteiger partial charge in [-0.3, -0.25) is 9.69 Å². The number of likely N-dealkylation sites (N-methyl/N-ethyl adjacent to an activating group) is 1. The number of nitrogens with zero attached hydrogens (tertiary/aromatic N) is 3. The molecule has 3 rings (SSSR count).